The molecule has 1 aromatic rings. The first-order valence-corrected chi connectivity index (χ1v) is 5.87. The Morgan fingerprint density at radius 1 is 1.40 bits per heavy atom. The highest BCUT2D eigenvalue weighted by Crippen LogP contribution is 2.26. The fourth-order valence-corrected chi connectivity index (χ4v) is 2.20. The Balaban J connectivity index is 2.40. The zero-order chi connectivity index (χ0) is 10.7. The van der Waals surface area contributed by atoms with E-state index in [4.69, 9.17) is 11.6 Å². The molecule has 2 rings (SSSR count). The molecule has 1 N–H and O–H groups in total. The van der Waals surface area contributed by atoms with E-state index in [1.807, 2.05) is 6.07 Å². The maximum Gasteiger partial charge on any atom is 0.0412 e. The van der Waals surface area contributed by atoms with Gasteiger partial charge in [0.15, 0.2) is 0 Å². The van der Waals surface area contributed by atoms with Crippen molar-refractivity contribution >= 4 is 17.2 Å². The average molecular weight is 222 g/mol. The van der Waals surface area contributed by atoms with Gasteiger partial charge in [-0.15, -0.1) is 0 Å². The van der Waals surface area contributed by atoms with Crippen molar-refractivity contribution in [3.05, 3.63) is 40.4 Å². The molecule has 2 heteroatoms. The maximum absolute atomic E-state index is 6.05. The molecule has 0 aliphatic carbocycles. The van der Waals surface area contributed by atoms with Gasteiger partial charge >= 0.3 is 0 Å². The third-order valence-electron chi connectivity index (χ3n) is 2.86. The first kappa shape index (κ1) is 10.7. The minimum Gasteiger partial charge on any atom is -0.313 e. The van der Waals surface area contributed by atoms with Crippen molar-refractivity contribution in [2.45, 2.75) is 19.8 Å². The third kappa shape index (κ3) is 2.42. The van der Waals surface area contributed by atoms with Crippen LogP contribution in [0.4, 0.5) is 0 Å². The second kappa shape index (κ2) is 4.82. The van der Waals surface area contributed by atoms with Crippen LogP contribution in [0.5, 0.6) is 0 Å². The van der Waals surface area contributed by atoms with Crippen molar-refractivity contribution in [1.82, 2.24) is 5.32 Å². The Hall–Kier alpha value is -0.790. The summed E-state index contributed by atoms with van der Waals surface area (Å²) < 4.78 is 0. The normalized spacial score (nSPS) is 16.3. The van der Waals surface area contributed by atoms with Gasteiger partial charge in [-0.05, 0) is 48.2 Å². The lowest BCUT2D eigenvalue weighted by atomic mass is 9.94. The number of rotatable bonds is 2. The van der Waals surface area contributed by atoms with Gasteiger partial charge in [0.1, 0.15) is 0 Å². The fraction of sp³-hybridized carbons (Fsp3) is 0.385. The summed E-state index contributed by atoms with van der Waals surface area (Å²) in [5, 5.41) is 4.16. The van der Waals surface area contributed by atoms with Crippen LogP contribution in [0, 0.1) is 0 Å². The van der Waals surface area contributed by atoms with Gasteiger partial charge in [-0.2, -0.15) is 0 Å². The highest BCUT2D eigenvalue weighted by Gasteiger charge is 2.09. The van der Waals surface area contributed by atoms with Crippen LogP contribution >= 0.6 is 11.6 Å². The van der Waals surface area contributed by atoms with Crippen LogP contribution in [0.15, 0.2) is 24.3 Å². The summed E-state index contributed by atoms with van der Waals surface area (Å²) in [6, 6.07) is 6.21. The lowest BCUT2D eigenvalue weighted by molar-refractivity contribution is 0.738. The number of benzene rings is 1. The first-order chi connectivity index (χ1) is 7.31. The van der Waals surface area contributed by atoms with Crippen LogP contribution in [-0.2, 0) is 6.42 Å². The molecule has 1 heterocycles. The Bertz CT molecular complexity index is 382. The van der Waals surface area contributed by atoms with E-state index in [-0.39, 0.29) is 0 Å². The summed E-state index contributed by atoms with van der Waals surface area (Å²) in [4.78, 5) is 0. The molecular weight excluding hydrogens is 206 g/mol. The molecule has 0 spiro atoms. The molecule has 0 fully saturated rings. The summed E-state index contributed by atoms with van der Waals surface area (Å²) >= 11 is 6.05. The van der Waals surface area contributed by atoms with Gasteiger partial charge in [0, 0.05) is 11.6 Å². The van der Waals surface area contributed by atoms with E-state index in [9.17, 15) is 0 Å². The molecular formula is C13H16ClN. The Kier molecular flexibility index (Phi) is 3.45. The maximum atomic E-state index is 6.05. The van der Waals surface area contributed by atoms with Crippen molar-refractivity contribution in [3.63, 3.8) is 0 Å². The predicted molar refractivity (Wildman–Crippen MR) is 66.3 cm³/mol. The van der Waals surface area contributed by atoms with E-state index in [0.717, 1.165) is 31.0 Å². The van der Waals surface area contributed by atoms with Gasteiger partial charge in [-0.1, -0.05) is 30.7 Å². The molecule has 0 saturated heterocycles. The van der Waals surface area contributed by atoms with Gasteiger partial charge in [0.25, 0.3) is 0 Å². The molecule has 15 heavy (non-hydrogen) atoms. The monoisotopic (exact) mass is 221 g/mol. The largest absolute Gasteiger partial charge is 0.313 e. The zero-order valence-corrected chi connectivity index (χ0v) is 9.77. The summed E-state index contributed by atoms with van der Waals surface area (Å²) in [7, 11) is 0. The average Bonchev–Trinajstić information content (AvgIpc) is 2.30. The van der Waals surface area contributed by atoms with E-state index < -0.39 is 0 Å². The summed E-state index contributed by atoms with van der Waals surface area (Å²) in [6.45, 7) is 4.24. The zero-order valence-electron chi connectivity index (χ0n) is 9.02. The molecule has 0 bridgehead atoms. The summed E-state index contributed by atoms with van der Waals surface area (Å²) in [5.74, 6) is 0. The van der Waals surface area contributed by atoms with E-state index in [2.05, 4.69) is 30.4 Å². The molecule has 0 amide bonds. The smallest absolute Gasteiger partial charge is 0.0412 e. The van der Waals surface area contributed by atoms with Crippen LogP contribution in [0.25, 0.3) is 5.57 Å². The van der Waals surface area contributed by atoms with Gasteiger partial charge < -0.3 is 5.32 Å². The molecule has 0 aromatic heterocycles. The molecule has 1 nitrogen and oxygen atoms in total. The number of nitrogens with one attached hydrogen (secondary N) is 1. The summed E-state index contributed by atoms with van der Waals surface area (Å²) in [5.41, 5.74) is 4.17. The summed E-state index contributed by atoms with van der Waals surface area (Å²) in [6.07, 6.45) is 4.44. The van der Waals surface area contributed by atoms with E-state index >= 15 is 0 Å². The van der Waals surface area contributed by atoms with E-state index in [1.54, 1.807) is 0 Å². The molecule has 0 radical (unpaired) electrons. The number of halogens is 1. The SMILES string of the molecule is CCc1ccc(Cl)cc1C1=CCNCC1. The molecule has 80 valence electrons. The van der Waals surface area contributed by atoms with Crippen LogP contribution in [-0.4, -0.2) is 13.1 Å². The van der Waals surface area contributed by atoms with Crippen LogP contribution in [0.3, 0.4) is 0 Å². The second-order valence-electron chi connectivity index (χ2n) is 3.84. The Labute approximate surface area is 96.1 Å². The third-order valence-corrected chi connectivity index (χ3v) is 3.10. The molecule has 0 atom stereocenters. The number of aryl methyl sites for hydroxylation is 1. The standard InChI is InChI=1S/C13H16ClN/c1-2-10-3-4-12(14)9-13(10)11-5-7-15-8-6-11/h3-5,9,15H,2,6-8H2,1H3. The molecule has 1 aromatic carbocycles. The predicted octanol–water partition coefficient (Wildman–Crippen LogP) is 3.28. The minimum absolute atomic E-state index is 0.835. The van der Waals surface area contributed by atoms with E-state index in [1.165, 1.54) is 16.7 Å². The Morgan fingerprint density at radius 2 is 2.27 bits per heavy atom. The van der Waals surface area contributed by atoms with Gasteiger partial charge in [-0.25, -0.2) is 0 Å². The van der Waals surface area contributed by atoms with Crippen molar-refractivity contribution in [2.75, 3.05) is 13.1 Å². The van der Waals surface area contributed by atoms with Crippen LogP contribution in [0.1, 0.15) is 24.5 Å². The van der Waals surface area contributed by atoms with Crippen molar-refractivity contribution in [3.8, 4) is 0 Å². The number of hydrogen-bond acceptors (Lipinski definition) is 1. The topological polar surface area (TPSA) is 12.0 Å². The second-order valence-corrected chi connectivity index (χ2v) is 4.27. The van der Waals surface area contributed by atoms with Crippen molar-refractivity contribution in [2.24, 2.45) is 0 Å². The molecule has 1 aliphatic rings. The molecule has 0 saturated carbocycles. The van der Waals surface area contributed by atoms with Crippen LogP contribution < -0.4 is 5.32 Å². The van der Waals surface area contributed by atoms with Gasteiger partial charge in [0.2, 0.25) is 0 Å². The Morgan fingerprint density at radius 3 is 2.93 bits per heavy atom. The lowest BCUT2D eigenvalue weighted by Crippen LogP contribution is -2.20. The highest BCUT2D eigenvalue weighted by molar-refractivity contribution is 6.30. The van der Waals surface area contributed by atoms with Crippen molar-refractivity contribution < 1.29 is 0 Å². The number of hydrogen-bond donors (Lipinski definition) is 1. The van der Waals surface area contributed by atoms with E-state index in [0.29, 0.717) is 0 Å². The highest BCUT2D eigenvalue weighted by atomic mass is 35.5. The van der Waals surface area contributed by atoms with Gasteiger partial charge in [-0.3, -0.25) is 0 Å². The van der Waals surface area contributed by atoms with Gasteiger partial charge in [0.05, 0.1) is 0 Å². The quantitative estimate of drug-likeness (QED) is 0.808. The van der Waals surface area contributed by atoms with Crippen molar-refractivity contribution in [1.29, 1.82) is 0 Å². The fourth-order valence-electron chi connectivity index (χ4n) is 2.02. The lowest BCUT2D eigenvalue weighted by Gasteiger charge is -2.17. The minimum atomic E-state index is 0.835. The molecule has 0 unspecified atom stereocenters. The first-order valence-electron chi connectivity index (χ1n) is 5.50. The molecule has 1 aliphatic heterocycles. The van der Waals surface area contributed by atoms with Crippen LogP contribution in [0.2, 0.25) is 5.02 Å².